The van der Waals surface area contributed by atoms with E-state index in [4.69, 9.17) is 11.2 Å². The average Bonchev–Trinajstić information content (AvgIpc) is 3.89. The number of nitrogens with zero attached hydrogens (tertiary/aromatic N) is 8. The molecule has 52 heavy (non-hydrogen) atoms. The van der Waals surface area contributed by atoms with E-state index in [9.17, 15) is 29.4 Å². The summed E-state index contributed by atoms with van der Waals surface area (Å²) in [6, 6.07) is 10.0. The molecule has 0 radical (unpaired) electrons. The van der Waals surface area contributed by atoms with Crippen molar-refractivity contribution in [2.24, 2.45) is 0 Å². The summed E-state index contributed by atoms with van der Waals surface area (Å²) in [6.07, 6.45) is 15.0. The Balaban J connectivity index is 1.18. The number of carbonyl (C=O) groups excluding carboxylic acids is 2. The number of aromatic carboxylic acids is 2. The zero-order chi connectivity index (χ0) is 36.8. The number of carbonyl (C=O) groups is 4. The Morgan fingerprint density at radius 2 is 1.31 bits per heavy atom. The van der Waals surface area contributed by atoms with Crippen LogP contribution in [0.2, 0.25) is 0 Å². The number of aromatic nitrogens is 8. The quantitative estimate of drug-likeness (QED) is 0.134. The first-order chi connectivity index (χ1) is 25.1. The molecule has 0 saturated carbocycles. The van der Waals surface area contributed by atoms with Crippen molar-refractivity contribution in [2.45, 2.75) is 6.42 Å². The second-order valence-corrected chi connectivity index (χ2v) is 10.6. The minimum Gasteiger partial charge on any atom is -0.490 e. The molecule has 258 valence electrons. The average molecular weight is 703 g/mol. The van der Waals surface area contributed by atoms with Crippen LogP contribution in [0, 0.1) is 18.2 Å². The van der Waals surface area contributed by atoms with Crippen molar-refractivity contribution in [3.8, 4) is 29.7 Å². The van der Waals surface area contributed by atoms with Crippen molar-refractivity contribution in [1.29, 1.82) is 0 Å². The third-order valence-electron chi connectivity index (χ3n) is 7.36. The number of rotatable bonds is 12. The number of benzene rings is 2. The van der Waals surface area contributed by atoms with Crippen LogP contribution in [0.3, 0.4) is 0 Å². The van der Waals surface area contributed by atoms with Gasteiger partial charge in [-0.3, -0.25) is 18.7 Å². The summed E-state index contributed by atoms with van der Waals surface area (Å²) in [4.78, 5) is 57.7. The number of ether oxygens (including phenoxy) is 1. The number of hydrogen-bond donors (Lipinski definition) is 4. The number of carboxylic acids is 2. The highest BCUT2D eigenvalue weighted by molar-refractivity contribution is 6.08. The van der Waals surface area contributed by atoms with Crippen LogP contribution in [0.1, 0.15) is 52.8 Å². The molecule has 0 aliphatic heterocycles. The topological polar surface area (TPSA) is 229 Å². The lowest BCUT2D eigenvalue weighted by atomic mass is 9.99. The summed E-state index contributed by atoms with van der Waals surface area (Å²) in [5.74, 6) is -2.73. The van der Waals surface area contributed by atoms with Gasteiger partial charge in [0.25, 0.3) is 11.8 Å². The molecule has 17 nitrogen and oxygen atoms in total. The van der Waals surface area contributed by atoms with Gasteiger partial charge in [0.05, 0.1) is 29.1 Å². The highest BCUT2D eigenvalue weighted by Crippen LogP contribution is 2.28. The second-order valence-electron chi connectivity index (χ2n) is 10.6. The molecule has 0 spiro atoms. The number of hydrogen-bond acceptors (Lipinski definition) is 11. The number of imidazole rings is 2. The molecule has 18 heteroatoms. The van der Waals surface area contributed by atoms with Gasteiger partial charge in [0.1, 0.15) is 12.7 Å². The van der Waals surface area contributed by atoms with Crippen LogP contribution in [0.15, 0.2) is 86.0 Å². The van der Waals surface area contributed by atoms with Crippen LogP contribution in [0.4, 0.5) is 15.8 Å². The Bertz CT molecular complexity index is 2340. The second kappa shape index (κ2) is 14.8. The van der Waals surface area contributed by atoms with Crippen molar-refractivity contribution in [2.75, 3.05) is 17.2 Å². The zero-order valence-electron chi connectivity index (χ0n) is 26.5. The maximum absolute atomic E-state index is 15.0. The number of anilines is 2. The smallest absolute Gasteiger partial charge is 0.337 e. The Hall–Kier alpha value is -7.81. The third-order valence-corrected chi connectivity index (χ3v) is 7.36. The van der Waals surface area contributed by atoms with E-state index >= 15 is 4.39 Å². The fourth-order valence-electron chi connectivity index (χ4n) is 4.81. The standard InChI is InChI=1S/C34H23FN10O7/c1-2-19-13-21(33(48)49)26(38-31(46)24-3-5-29(42-40-24)44-10-8-36-17-44)14-20(19)7-12-52-28-16-27(22(34(50)51)15-23(28)35)39-32(47)25-4-6-30(43-41-25)45-11-9-37-18-45/h1,3-6,8-11,13-18H,7,12H2,(H,38,46)(H,39,47)(H,48,49)(H,50,51). The Morgan fingerprint density at radius 3 is 1.77 bits per heavy atom. The van der Waals surface area contributed by atoms with E-state index in [2.05, 4.69) is 46.9 Å². The molecule has 0 bridgehead atoms. The maximum atomic E-state index is 15.0. The summed E-state index contributed by atoms with van der Waals surface area (Å²) in [5, 5.41) is 40.1. The Kier molecular flexibility index (Phi) is 9.66. The van der Waals surface area contributed by atoms with Crippen molar-refractivity contribution in [3.63, 3.8) is 0 Å². The summed E-state index contributed by atoms with van der Waals surface area (Å²) < 4.78 is 23.8. The van der Waals surface area contributed by atoms with Crippen LogP contribution in [0.5, 0.6) is 5.75 Å². The van der Waals surface area contributed by atoms with Gasteiger partial charge in [-0.2, -0.15) is 0 Å². The van der Waals surface area contributed by atoms with Gasteiger partial charge in [-0.15, -0.1) is 26.8 Å². The number of nitrogens with one attached hydrogen (secondary N) is 2. The molecule has 2 amide bonds. The predicted molar refractivity (Wildman–Crippen MR) is 178 cm³/mol. The molecule has 2 aromatic carbocycles. The van der Waals surface area contributed by atoms with Crippen molar-refractivity contribution < 1.29 is 38.5 Å². The van der Waals surface area contributed by atoms with Gasteiger partial charge < -0.3 is 25.6 Å². The first-order valence-electron chi connectivity index (χ1n) is 14.9. The molecule has 4 heterocycles. The fraction of sp³-hybridized carbons (Fsp3) is 0.0588. The lowest BCUT2D eigenvalue weighted by Crippen LogP contribution is -2.18. The maximum Gasteiger partial charge on any atom is 0.337 e. The SMILES string of the molecule is C#Cc1cc(C(=O)O)c(NC(=O)c2ccc(-n3ccnc3)nn2)cc1CCOc1cc(NC(=O)c2ccc(-n3ccnc3)nn2)c(C(=O)O)cc1F. The van der Waals surface area contributed by atoms with Gasteiger partial charge in [0.15, 0.2) is 34.6 Å². The molecular formula is C34H23FN10O7. The van der Waals surface area contributed by atoms with Crippen LogP contribution in [-0.4, -0.2) is 80.1 Å². The van der Waals surface area contributed by atoms with E-state index in [1.54, 1.807) is 27.7 Å². The van der Waals surface area contributed by atoms with E-state index in [1.165, 1.54) is 55.2 Å². The minimum atomic E-state index is -1.52. The molecule has 0 fully saturated rings. The Labute approximate surface area is 291 Å². The van der Waals surface area contributed by atoms with E-state index in [1.807, 2.05) is 0 Å². The van der Waals surface area contributed by atoms with Gasteiger partial charge in [-0.25, -0.2) is 23.9 Å². The molecule has 4 aromatic heterocycles. The summed E-state index contributed by atoms with van der Waals surface area (Å²) in [6.45, 7) is -0.242. The highest BCUT2D eigenvalue weighted by atomic mass is 19.1. The lowest BCUT2D eigenvalue weighted by Gasteiger charge is -2.15. The largest absolute Gasteiger partial charge is 0.490 e. The Morgan fingerprint density at radius 1 is 0.769 bits per heavy atom. The molecule has 0 aliphatic carbocycles. The summed E-state index contributed by atoms with van der Waals surface area (Å²) in [5.41, 5.74) is -0.970. The molecule has 0 unspecified atom stereocenters. The monoisotopic (exact) mass is 702 g/mol. The number of amides is 2. The van der Waals surface area contributed by atoms with Gasteiger partial charge in [-0.05, 0) is 48.0 Å². The van der Waals surface area contributed by atoms with Crippen LogP contribution in [-0.2, 0) is 6.42 Å². The van der Waals surface area contributed by atoms with E-state index in [0.29, 0.717) is 23.3 Å². The molecule has 6 rings (SSSR count). The van der Waals surface area contributed by atoms with Gasteiger partial charge in [0.2, 0.25) is 0 Å². The normalized spacial score (nSPS) is 10.6. The van der Waals surface area contributed by atoms with Gasteiger partial charge in [0, 0.05) is 42.8 Å². The summed E-state index contributed by atoms with van der Waals surface area (Å²) >= 11 is 0. The van der Waals surface area contributed by atoms with Gasteiger partial charge in [-0.1, -0.05) is 5.92 Å². The highest BCUT2D eigenvalue weighted by Gasteiger charge is 2.21. The number of halogens is 1. The molecule has 0 saturated heterocycles. The van der Waals surface area contributed by atoms with Crippen LogP contribution in [0.25, 0.3) is 11.6 Å². The van der Waals surface area contributed by atoms with Crippen molar-refractivity contribution in [1.82, 2.24) is 39.5 Å². The van der Waals surface area contributed by atoms with Crippen LogP contribution < -0.4 is 15.4 Å². The fourth-order valence-corrected chi connectivity index (χ4v) is 4.81. The van der Waals surface area contributed by atoms with E-state index in [-0.39, 0.29) is 46.9 Å². The summed E-state index contributed by atoms with van der Waals surface area (Å²) in [7, 11) is 0. The minimum absolute atomic E-state index is 0.0115. The first-order valence-corrected chi connectivity index (χ1v) is 14.9. The van der Waals surface area contributed by atoms with Crippen LogP contribution >= 0.6 is 0 Å². The van der Waals surface area contributed by atoms with Crippen molar-refractivity contribution >= 4 is 35.1 Å². The number of carboxylic acid groups (broad SMARTS) is 2. The number of terminal acetylenes is 1. The molecule has 0 aliphatic rings. The lowest BCUT2D eigenvalue weighted by molar-refractivity contribution is 0.0686. The third kappa shape index (κ3) is 7.42. The van der Waals surface area contributed by atoms with E-state index in [0.717, 1.165) is 6.07 Å². The zero-order valence-corrected chi connectivity index (χ0v) is 26.5. The van der Waals surface area contributed by atoms with E-state index < -0.39 is 40.9 Å². The van der Waals surface area contributed by atoms with Gasteiger partial charge >= 0.3 is 11.9 Å². The molecule has 0 atom stereocenters. The predicted octanol–water partition coefficient (Wildman–Crippen LogP) is 3.28. The molecular weight excluding hydrogens is 679 g/mol. The van der Waals surface area contributed by atoms with Crippen molar-refractivity contribution in [3.05, 3.63) is 125 Å². The molecule has 6 aromatic rings. The molecule has 4 N–H and O–H groups in total. The first kappa shape index (κ1) is 34.1.